The number of nitrogens with one attached hydrogen (secondary N) is 1. The first-order valence-corrected chi connectivity index (χ1v) is 11.7. The molecule has 1 N–H and O–H groups in total. The minimum atomic E-state index is -2.39. The topological polar surface area (TPSA) is 95.0 Å². The maximum Gasteiger partial charge on any atom is 0.197 e. The molecular formula is C24H17ClF2N3O3S-. The number of nitrogens with zero attached hydrogens (tertiary/aromatic N) is 2. The molecule has 34 heavy (non-hydrogen) atoms. The smallest absolute Gasteiger partial charge is 0.197 e. The number of benzene rings is 3. The predicted molar refractivity (Wildman–Crippen MR) is 125 cm³/mol. The van der Waals surface area contributed by atoms with Gasteiger partial charge in [-0.3, -0.25) is 14.0 Å². The van der Waals surface area contributed by atoms with Crippen molar-refractivity contribution in [1.29, 1.82) is 0 Å². The van der Waals surface area contributed by atoms with Crippen LogP contribution in [0, 0.1) is 11.6 Å². The van der Waals surface area contributed by atoms with E-state index in [0.29, 0.717) is 28.7 Å². The van der Waals surface area contributed by atoms with Gasteiger partial charge in [0.15, 0.2) is 5.78 Å². The van der Waals surface area contributed by atoms with Gasteiger partial charge in [0.2, 0.25) is 0 Å². The Labute approximate surface area is 201 Å². The first-order valence-electron chi connectivity index (χ1n) is 10.2. The fourth-order valence-corrected chi connectivity index (χ4v) is 4.03. The largest absolute Gasteiger partial charge is 0.760 e. The minimum absolute atomic E-state index is 0.0312. The van der Waals surface area contributed by atoms with Crippen molar-refractivity contribution in [3.63, 3.8) is 0 Å². The fraction of sp³-hybridized carbons (Fsp3) is 0.125. The molecule has 0 aliphatic carbocycles. The van der Waals surface area contributed by atoms with E-state index in [9.17, 15) is 17.9 Å². The number of rotatable bonds is 8. The van der Waals surface area contributed by atoms with E-state index >= 15 is 4.39 Å². The highest BCUT2D eigenvalue weighted by molar-refractivity contribution is 7.77. The average Bonchev–Trinajstić information content (AvgIpc) is 2.82. The maximum absolute atomic E-state index is 15.2. The lowest BCUT2D eigenvalue weighted by Gasteiger charge is -2.11. The SMILES string of the molecule is O=C(c1ccc2ncc(-c3ccc(F)cc3)nc2c1)c1c(Cl)ccc(CCCNS(=O)[O-])c1F. The lowest BCUT2D eigenvalue weighted by Crippen LogP contribution is -2.18. The number of hydrogen-bond donors (Lipinski definition) is 1. The Balaban J connectivity index is 1.64. The summed E-state index contributed by atoms with van der Waals surface area (Å²) < 4.78 is 51.7. The van der Waals surface area contributed by atoms with E-state index < -0.39 is 22.9 Å². The van der Waals surface area contributed by atoms with E-state index in [-0.39, 0.29) is 40.5 Å². The van der Waals surface area contributed by atoms with Crippen LogP contribution in [0.25, 0.3) is 22.3 Å². The average molecular weight is 501 g/mol. The third-order valence-electron chi connectivity index (χ3n) is 5.19. The molecule has 0 saturated carbocycles. The van der Waals surface area contributed by atoms with E-state index in [1.165, 1.54) is 36.4 Å². The van der Waals surface area contributed by atoms with Gasteiger partial charge in [0.25, 0.3) is 0 Å². The van der Waals surface area contributed by atoms with Gasteiger partial charge in [-0.05, 0) is 66.9 Å². The predicted octanol–water partition coefficient (Wildman–Crippen LogP) is 4.78. The number of fused-ring (bicyclic) bond motifs is 1. The van der Waals surface area contributed by atoms with Gasteiger partial charge in [0, 0.05) is 28.9 Å². The first-order chi connectivity index (χ1) is 16.3. The number of hydrogen-bond acceptors (Lipinski definition) is 5. The minimum Gasteiger partial charge on any atom is -0.760 e. The van der Waals surface area contributed by atoms with Gasteiger partial charge in [0.1, 0.15) is 11.6 Å². The molecule has 1 unspecified atom stereocenters. The standard InChI is InChI=1S/C24H18ClF2N3O3S/c25-18-9-5-15(2-1-11-29-34(32)33)23(27)22(18)24(31)16-6-10-19-20(12-16)30-21(13-28-19)14-3-7-17(26)8-4-14/h3-10,12-13,29H,1-2,11H2,(H,32,33)/p-1. The molecule has 0 aliphatic rings. The van der Waals surface area contributed by atoms with Crippen molar-refractivity contribution >= 4 is 39.7 Å². The molecule has 174 valence electrons. The molecule has 10 heteroatoms. The van der Waals surface area contributed by atoms with Crippen LogP contribution < -0.4 is 4.72 Å². The van der Waals surface area contributed by atoms with Gasteiger partial charge in [-0.1, -0.05) is 17.7 Å². The van der Waals surface area contributed by atoms with Gasteiger partial charge < -0.3 is 4.55 Å². The van der Waals surface area contributed by atoms with Gasteiger partial charge in [0.05, 0.1) is 33.5 Å². The Kier molecular flexibility index (Phi) is 7.38. The highest BCUT2D eigenvalue weighted by atomic mass is 35.5. The quantitative estimate of drug-likeness (QED) is 0.213. The zero-order valence-electron chi connectivity index (χ0n) is 17.6. The second-order valence-electron chi connectivity index (χ2n) is 7.42. The second kappa shape index (κ2) is 10.4. The zero-order chi connectivity index (χ0) is 24.2. The van der Waals surface area contributed by atoms with Gasteiger partial charge in [-0.25, -0.2) is 18.5 Å². The number of halogens is 3. The Morgan fingerprint density at radius 3 is 2.56 bits per heavy atom. The van der Waals surface area contributed by atoms with Crippen LogP contribution >= 0.6 is 11.6 Å². The number of carbonyl (C=O) groups excluding carboxylic acids is 1. The highest BCUT2D eigenvalue weighted by Crippen LogP contribution is 2.27. The lowest BCUT2D eigenvalue weighted by atomic mass is 9.98. The molecule has 1 atom stereocenters. The molecule has 4 rings (SSSR count). The van der Waals surface area contributed by atoms with Crippen molar-refractivity contribution in [2.45, 2.75) is 12.8 Å². The van der Waals surface area contributed by atoms with Crippen LogP contribution in [-0.2, 0) is 17.7 Å². The van der Waals surface area contributed by atoms with Crippen LogP contribution in [0.4, 0.5) is 8.78 Å². The van der Waals surface area contributed by atoms with Gasteiger partial charge in [-0.15, -0.1) is 0 Å². The molecule has 6 nitrogen and oxygen atoms in total. The van der Waals surface area contributed by atoms with Crippen molar-refractivity contribution in [2.24, 2.45) is 0 Å². The number of aromatic nitrogens is 2. The Hall–Kier alpha value is -3.11. The molecule has 0 bridgehead atoms. The fourth-order valence-electron chi connectivity index (χ4n) is 3.49. The summed E-state index contributed by atoms with van der Waals surface area (Å²) in [6.07, 6.45) is 2.12. The van der Waals surface area contributed by atoms with Crippen molar-refractivity contribution in [2.75, 3.05) is 6.54 Å². The van der Waals surface area contributed by atoms with E-state index in [2.05, 4.69) is 14.7 Å². The van der Waals surface area contributed by atoms with Crippen molar-refractivity contribution in [1.82, 2.24) is 14.7 Å². The summed E-state index contributed by atoms with van der Waals surface area (Å²) in [5.41, 5.74) is 2.27. The molecule has 4 aromatic rings. The molecule has 1 heterocycles. The first kappa shape index (κ1) is 24.0. The molecule has 0 fully saturated rings. The Morgan fingerprint density at radius 2 is 1.82 bits per heavy atom. The van der Waals surface area contributed by atoms with Crippen LogP contribution in [0.1, 0.15) is 27.9 Å². The number of aryl methyl sites for hydroxylation is 1. The highest BCUT2D eigenvalue weighted by Gasteiger charge is 2.21. The summed E-state index contributed by atoms with van der Waals surface area (Å²) in [4.78, 5) is 22.0. The zero-order valence-corrected chi connectivity index (χ0v) is 19.1. The van der Waals surface area contributed by atoms with Crippen molar-refractivity contribution < 1.29 is 22.3 Å². The summed E-state index contributed by atoms with van der Waals surface area (Å²) in [6.45, 7) is 0.140. The van der Waals surface area contributed by atoms with Crippen LogP contribution in [-0.4, -0.2) is 31.1 Å². The molecular weight excluding hydrogens is 484 g/mol. The molecule has 0 amide bonds. The maximum atomic E-state index is 15.2. The van der Waals surface area contributed by atoms with Gasteiger partial charge >= 0.3 is 0 Å². The van der Waals surface area contributed by atoms with Crippen LogP contribution in [0.2, 0.25) is 5.02 Å². The van der Waals surface area contributed by atoms with Crippen molar-refractivity contribution in [3.05, 3.63) is 94.1 Å². The van der Waals surface area contributed by atoms with E-state index in [0.717, 1.165) is 0 Å². The molecule has 0 saturated heterocycles. The van der Waals surface area contributed by atoms with Gasteiger partial charge in [-0.2, -0.15) is 0 Å². The summed E-state index contributed by atoms with van der Waals surface area (Å²) in [5, 5.41) is -0.0312. The lowest BCUT2D eigenvalue weighted by molar-refractivity contribution is 0.103. The number of ketones is 1. The normalized spacial score (nSPS) is 12.1. The third-order valence-corrected chi connectivity index (χ3v) is 5.94. The molecule has 3 aromatic carbocycles. The molecule has 1 aromatic heterocycles. The van der Waals surface area contributed by atoms with E-state index in [4.69, 9.17) is 11.6 Å². The Bertz CT molecular complexity index is 1400. The molecule has 0 aliphatic heterocycles. The monoisotopic (exact) mass is 500 g/mol. The van der Waals surface area contributed by atoms with E-state index in [1.807, 2.05) is 0 Å². The summed E-state index contributed by atoms with van der Waals surface area (Å²) >= 11 is 3.78. The molecule has 0 spiro atoms. The van der Waals surface area contributed by atoms with Crippen LogP contribution in [0.15, 0.2) is 60.8 Å². The third kappa shape index (κ3) is 5.34. The molecule has 0 radical (unpaired) electrons. The summed E-state index contributed by atoms with van der Waals surface area (Å²) in [5.74, 6) is -1.73. The van der Waals surface area contributed by atoms with Crippen LogP contribution in [0.3, 0.4) is 0 Å². The van der Waals surface area contributed by atoms with E-state index in [1.54, 1.807) is 24.4 Å². The summed E-state index contributed by atoms with van der Waals surface area (Å²) in [6, 6.07) is 13.3. The Morgan fingerprint density at radius 1 is 1.06 bits per heavy atom. The summed E-state index contributed by atoms with van der Waals surface area (Å²) in [7, 11) is 0. The number of carbonyl (C=O) groups is 1. The second-order valence-corrected chi connectivity index (χ2v) is 8.59. The van der Waals surface area contributed by atoms with Crippen molar-refractivity contribution in [3.8, 4) is 11.3 Å². The van der Waals surface area contributed by atoms with Crippen LogP contribution in [0.5, 0.6) is 0 Å².